The van der Waals surface area contributed by atoms with Crippen molar-refractivity contribution in [2.75, 3.05) is 26.1 Å². The Bertz CT molecular complexity index is 602. The SMILES string of the molecule is CCNc1ccnc(-c2ccc(OC)c(Br)c2OC)c1. The zero-order chi connectivity index (χ0) is 14.5. The number of aromatic nitrogens is 1. The van der Waals surface area contributed by atoms with Gasteiger partial charge < -0.3 is 14.8 Å². The maximum absolute atomic E-state index is 5.49. The Kier molecular flexibility index (Phi) is 4.84. The highest BCUT2D eigenvalue weighted by Crippen LogP contribution is 2.41. The Morgan fingerprint density at radius 1 is 1.20 bits per heavy atom. The number of benzene rings is 1. The van der Waals surface area contributed by atoms with Crippen LogP contribution < -0.4 is 14.8 Å². The Morgan fingerprint density at radius 2 is 2.00 bits per heavy atom. The van der Waals surface area contributed by atoms with E-state index in [4.69, 9.17) is 9.47 Å². The summed E-state index contributed by atoms with van der Waals surface area (Å²) in [5.74, 6) is 1.44. The van der Waals surface area contributed by atoms with Crippen molar-refractivity contribution in [3.8, 4) is 22.8 Å². The molecule has 0 unspecified atom stereocenters. The van der Waals surface area contributed by atoms with Crippen LogP contribution in [-0.4, -0.2) is 25.7 Å². The zero-order valence-corrected chi connectivity index (χ0v) is 13.3. The molecule has 5 heteroatoms. The van der Waals surface area contributed by atoms with Crippen LogP contribution >= 0.6 is 15.9 Å². The molecule has 0 fully saturated rings. The lowest BCUT2D eigenvalue weighted by atomic mass is 10.1. The molecule has 0 aliphatic carbocycles. The Labute approximate surface area is 127 Å². The van der Waals surface area contributed by atoms with Crippen molar-refractivity contribution in [1.29, 1.82) is 0 Å². The highest BCUT2D eigenvalue weighted by Gasteiger charge is 2.15. The molecule has 0 amide bonds. The second kappa shape index (κ2) is 6.61. The van der Waals surface area contributed by atoms with Crippen molar-refractivity contribution in [1.82, 2.24) is 4.98 Å². The maximum Gasteiger partial charge on any atom is 0.146 e. The fraction of sp³-hybridized carbons (Fsp3) is 0.267. The highest BCUT2D eigenvalue weighted by molar-refractivity contribution is 9.10. The molecule has 0 saturated carbocycles. The lowest BCUT2D eigenvalue weighted by Crippen LogP contribution is -1.98. The Hall–Kier alpha value is -1.75. The van der Waals surface area contributed by atoms with Gasteiger partial charge >= 0.3 is 0 Å². The van der Waals surface area contributed by atoms with Gasteiger partial charge in [0, 0.05) is 24.0 Å². The Morgan fingerprint density at radius 3 is 2.65 bits per heavy atom. The largest absolute Gasteiger partial charge is 0.495 e. The first kappa shape index (κ1) is 14.7. The number of halogens is 1. The van der Waals surface area contributed by atoms with Crippen LogP contribution in [0.5, 0.6) is 11.5 Å². The first-order chi connectivity index (χ1) is 9.71. The Balaban J connectivity index is 2.52. The number of hydrogen-bond acceptors (Lipinski definition) is 4. The van der Waals surface area contributed by atoms with Crippen molar-refractivity contribution < 1.29 is 9.47 Å². The molecule has 2 aromatic rings. The van der Waals surface area contributed by atoms with Crippen molar-refractivity contribution in [3.05, 3.63) is 34.9 Å². The summed E-state index contributed by atoms with van der Waals surface area (Å²) in [7, 11) is 3.26. The van der Waals surface area contributed by atoms with Gasteiger partial charge in [-0.25, -0.2) is 0 Å². The third-order valence-corrected chi connectivity index (χ3v) is 3.65. The van der Waals surface area contributed by atoms with E-state index in [0.717, 1.165) is 33.7 Å². The third-order valence-electron chi connectivity index (χ3n) is 2.90. The topological polar surface area (TPSA) is 43.4 Å². The molecule has 1 heterocycles. The van der Waals surface area contributed by atoms with Crippen LogP contribution in [0.15, 0.2) is 34.9 Å². The molecule has 0 bridgehead atoms. The van der Waals surface area contributed by atoms with E-state index in [2.05, 4.69) is 33.2 Å². The van der Waals surface area contributed by atoms with Crippen LogP contribution in [0.3, 0.4) is 0 Å². The quantitative estimate of drug-likeness (QED) is 0.897. The van der Waals surface area contributed by atoms with Gasteiger partial charge in [0.15, 0.2) is 0 Å². The van der Waals surface area contributed by atoms with E-state index >= 15 is 0 Å². The van der Waals surface area contributed by atoms with Gasteiger partial charge in [0.1, 0.15) is 16.0 Å². The van der Waals surface area contributed by atoms with Crippen molar-refractivity contribution in [3.63, 3.8) is 0 Å². The first-order valence-corrected chi connectivity index (χ1v) is 7.11. The second-order valence-electron chi connectivity index (χ2n) is 4.12. The summed E-state index contributed by atoms with van der Waals surface area (Å²) in [4.78, 5) is 4.42. The number of nitrogens with one attached hydrogen (secondary N) is 1. The zero-order valence-electron chi connectivity index (χ0n) is 11.7. The monoisotopic (exact) mass is 336 g/mol. The van der Waals surface area contributed by atoms with Gasteiger partial charge in [-0.1, -0.05) is 0 Å². The minimum Gasteiger partial charge on any atom is -0.495 e. The van der Waals surface area contributed by atoms with Gasteiger partial charge in [-0.2, -0.15) is 0 Å². The second-order valence-corrected chi connectivity index (χ2v) is 4.92. The molecule has 106 valence electrons. The van der Waals surface area contributed by atoms with Crippen molar-refractivity contribution in [2.24, 2.45) is 0 Å². The molecule has 1 aromatic heterocycles. The third kappa shape index (κ3) is 2.88. The molecule has 1 aromatic carbocycles. The van der Waals surface area contributed by atoms with Crippen molar-refractivity contribution >= 4 is 21.6 Å². The van der Waals surface area contributed by atoms with Gasteiger partial charge in [-0.05, 0) is 47.1 Å². The first-order valence-electron chi connectivity index (χ1n) is 6.32. The summed E-state index contributed by atoms with van der Waals surface area (Å²) < 4.78 is 11.6. The van der Waals surface area contributed by atoms with Gasteiger partial charge in [0.05, 0.1) is 19.9 Å². The number of methoxy groups -OCH3 is 2. The maximum atomic E-state index is 5.49. The molecule has 2 rings (SSSR count). The van der Waals surface area contributed by atoms with Crippen molar-refractivity contribution in [2.45, 2.75) is 6.92 Å². The normalized spacial score (nSPS) is 10.2. The smallest absolute Gasteiger partial charge is 0.146 e. The fourth-order valence-corrected chi connectivity index (χ4v) is 2.66. The molecule has 0 aliphatic rings. The van der Waals surface area contributed by atoms with E-state index in [1.54, 1.807) is 20.4 Å². The van der Waals surface area contributed by atoms with Crippen LogP contribution in [0.4, 0.5) is 5.69 Å². The van der Waals surface area contributed by atoms with Crippen LogP contribution in [0.1, 0.15) is 6.92 Å². The van der Waals surface area contributed by atoms with Crippen LogP contribution in [0.2, 0.25) is 0 Å². The van der Waals surface area contributed by atoms with Gasteiger partial charge in [-0.3, -0.25) is 4.98 Å². The highest BCUT2D eigenvalue weighted by atomic mass is 79.9. The molecule has 0 spiro atoms. The van der Waals surface area contributed by atoms with E-state index in [9.17, 15) is 0 Å². The number of rotatable bonds is 5. The molecule has 1 N–H and O–H groups in total. The average molecular weight is 337 g/mol. The van der Waals surface area contributed by atoms with Crippen LogP contribution in [-0.2, 0) is 0 Å². The number of hydrogen-bond donors (Lipinski definition) is 1. The van der Waals surface area contributed by atoms with E-state index in [1.165, 1.54) is 0 Å². The number of ether oxygens (including phenoxy) is 2. The molecule has 4 nitrogen and oxygen atoms in total. The molecular weight excluding hydrogens is 320 g/mol. The fourth-order valence-electron chi connectivity index (χ4n) is 1.99. The predicted octanol–water partition coefficient (Wildman–Crippen LogP) is 3.96. The molecule has 0 radical (unpaired) electrons. The average Bonchev–Trinajstić information content (AvgIpc) is 2.47. The number of anilines is 1. The summed E-state index contributed by atoms with van der Waals surface area (Å²) in [5.41, 5.74) is 2.80. The number of nitrogens with zero attached hydrogens (tertiary/aromatic N) is 1. The van der Waals surface area contributed by atoms with E-state index in [1.807, 2.05) is 24.3 Å². The van der Waals surface area contributed by atoms with E-state index in [0.29, 0.717) is 5.75 Å². The molecule has 0 aliphatic heterocycles. The van der Waals surface area contributed by atoms with Crippen LogP contribution in [0.25, 0.3) is 11.3 Å². The lowest BCUT2D eigenvalue weighted by molar-refractivity contribution is 0.390. The summed E-state index contributed by atoms with van der Waals surface area (Å²) in [6, 6.07) is 7.78. The lowest BCUT2D eigenvalue weighted by Gasteiger charge is -2.13. The summed E-state index contributed by atoms with van der Waals surface area (Å²) in [6.07, 6.45) is 1.78. The summed E-state index contributed by atoms with van der Waals surface area (Å²) >= 11 is 3.51. The van der Waals surface area contributed by atoms with E-state index < -0.39 is 0 Å². The standard InChI is InChI=1S/C15H17BrN2O2/c1-4-17-10-7-8-18-12(9-10)11-5-6-13(19-2)14(16)15(11)20-3/h5-9H,4H2,1-3H3,(H,17,18). The van der Waals surface area contributed by atoms with E-state index in [-0.39, 0.29) is 0 Å². The minimum atomic E-state index is 0.713. The van der Waals surface area contributed by atoms with Gasteiger partial charge in [-0.15, -0.1) is 0 Å². The molecule has 0 atom stereocenters. The molecule has 20 heavy (non-hydrogen) atoms. The summed E-state index contributed by atoms with van der Waals surface area (Å²) in [5, 5.41) is 3.28. The number of pyridine rings is 1. The van der Waals surface area contributed by atoms with Crippen LogP contribution in [0, 0.1) is 0 Å². The van der Waals surface area contributed by atoms with Gasteiger partial charge in [0.2, 0.25) is 0 Å². The predicted molar refractivity (Wildman–Crippen MR) is 84.6 cm³/mol. The minimum absolute atomic E-state index is 0.713. The molecular formula is C15H17BrN2O2. The van der Waals surface area contributed by atoms with Gasteiger partial charge in [0.25, 0.3) is 0 Å². The molecule has 0 saturated heterocycles. The summed E-state index contributed by atoms with van der Waals surface area (Å²) in [6.45, 7) is 2.93.